The molecular formula is C26H42O5Si. The number of rotatable bonds is 4. The summed E-state index contributed by atoms with van der Waals surface area (Å²) in [5, 5.41) is 0. The van der Waals surface area contributed by atoms with E-state index in [1.807, 2.05) is 20.8 Å². The second kappa shape index (κ2) is 8.84. The number of carbonyl (C=O) groups is 2. The molecule has 0 radical (unpaired) electrons. The summed E-state index contributed by atoms with van der Waals surface area (Å²) in [4.78, 5) is 26.0. The zero-order chi connectivity index (χ0) is 24.1. The Balaban J connectivity index is 2.12. The van der Waals surface area contributed by atoms with Crippen molar-refractivity contribution in [3.05, 3.63) is 23.8 Å². The van der Waals surface area contributed by atoms with Crippen LogP contribution in [-0.4, -0.2) is 38.1 Å². The van der Waals surface area contributed by atoms with Gasteiger partial charge in [-0.15, -0.1) is 0 Å². The predicted octanol–water partition coefficient (Wildman–Crippen LogP) is 5.66. The lowest BCUT2D eigenvalue weighted by atomic mass is 9.63. The fourth-order valence-electron chi connectivity index (χ4n) is 5.40. The van der Waals surface area contributed by atoms with Gasteiger partial charge < -0.3 is 13.9 Å². The van der Waals surface area contributed by atoms with Crippen molar-refractivity contribution in [1.29, 1.82) is 0 Å². The van der Waals surface area contributed by atoms with Gasteiger partial charge in [0.2, 0.25) is 5.79 Å². The Kier molecular flexibility index (Phi) is 7.01. The zero-order valence-corrected chi connectivity index (χ0v) is 22.4. The first-order valence-electron chi connectivity index (χ1n) is 12.1. The Bertz CT molecular complexity index is 800. The Labute approximate surface area is 195 Å². The minimum atomic E-state index is -2.12. The van der Waals surface area contributed by atoms with Gasteiger partial charge in [-0.1, -0.05) is 25.5 Å². The second-order valence-corrected chi connectivity index (χ2v) is 16.7. The predicted molar refractivity (Wildman–Crippen MR) is 128 cm³/mol. The fraction of sp³-hybridized carbons (Fsp3) is 0.769. The van der Waals surface area contributed by atoms with Crippen molar-refractivity contribution in [3.8, 4) is 0 Å². The van der Waals surface area contributed by atoms with Crippen molar-refractivity contribution < 1.29 is 23.5 Å². The van der Waals surface area contributed by atoms with Crippen LogP contribution in [0.4, 0.5) is 0 Å². The molecule has 1 fully saturated rings. The fourth-order valence-corrected chi connectivity index (χ4v) is 6.61. The molecule has 180 valence electrons. The molecule has 2 bridgehead atoms. The SMILES string of the molecule is CC1=CC[C@@H](C(C)C)[C@H]2C[C@@H](OC(=O)C(C)(C)C)C3(O[Si](C)(C)C)C=CC(=O)[C@H](C[C@@H]12)O3. The van der Waals surface area contributed by atoms with Gasteiger partial charge in [0.1, 0.15) is 6.10 Å². The van der Waals surface area contributed by atoms with Gasteiger partial charge in [-0.2, -0.15) is 0 Å². The van der Waals surface area contributed by atoms with E-state index < -0.39 is 31.7 Å². The van der Waals surface area contributed by atoms with Crippen LogP contribution in [0.2, 0.25) is 19.6 Å². The van der Waals surface area contributed by atoms with Crippen LogP contribution in [0.1, 0.15) is 60.8 Å². The molecule has 0 spiro atoms. The molecule has 0 saturated carbocycles. The number of hydrogen-bond acceptors (Lipinski definition) is 5. The van der Waals surface area contributed by atoms with E-state index in [1.54, 1.807) is 12.2 Å². The Morgan fingerprint density at radius 2 is 1.88 bits per heavy atom. The van der Waals surface area contributed by atoms with Crippen LogP contribution in [0.5, 0.6) is 0 Å². The third kappa shape index (κ3) is 5.28. The molecule has 6 heteroatoms. The van der Waals surface area contributed by atoms with Crippen LogP contribution in [0.3, 0.4) is 0 Å². The van der Waals surface area contributed by atoms with Crippen LogP contribution in [0, 0.1) is 29.1 Å². The van der Waals surface area contributed by atoms with Gasteiger partial charge in [-0.05, 0) is 102 Å². The van der Waals surface area contributed by atoms with Crippen molar-refractivity contribution >= 4 is 20.1 Å². The van der Waals surface area contributed by atoms with E-state index in [0.29, 0.717) is 30.6 Å². The number of carbonyl (C=O) groups excluding carboxylic acids is 2. The number of allylic oxidation sites excluding steroid dienone is 2. The minimum absolute atomic E-state index is 0.0270. The van der Waals surface area contributed by atoms with Crippen molar-refractivity contribution in [2.75, 3.05) is 0 Å². The van der Waals surface area contributed by atoms with Gasteiger partial charge >= 0.3 is 5.97 Å². The van der Waals surface area contributed by atoms with E-state index in [2.05, 4.69) is 46.5 Å². The van der Waals surface area contributed by atoms with E-state index in [0.717, 1.165) is 6.42 Å². The molecule has 0 N–H and O–H groups in total. The highest BCUT2D eigenvalue weighted by molar-refractivity contribution is 6.69. The lowest BCUT2D eigenvalue weighted by Gasteiger charge is -2.51. The summed E-state index contributed by atoms with van der Waals surface area (Å²) in [6.07, 6.45) is 6.78. The maximum atomic E-state index is 13.1. The summed E-state index contributed by atoms with van der Waals surface area (Å²) in [6.45, 7) is 18.6. The summed E-state index contributed by atoms with van der Waals surface area (Å²) in [5.74, 6) is -0.0302. The molecule has 5 nitrogen and oxygen atoms in total. The molecule has 32 heavy (non-hydrogen) atoms. The smallest absolute Gasteiger partial charge is 0.311 e. The summed E-state index contributed by atoms with van der Waals surface area (Å²) in [5.41, 5.74) is 0.674. The van der Waals surface area contributed by atoms with E-state index in [9.17, 15) is 9.59 Å². The number of ketones is 1. The molecule has 1 saturated heterocycles. The lowest BCUT2D eigenvalue weighted by molar-refractivity contribution is -0.259. The highest BCUT2D eigenvalue weighted by Gasteiger charge is 2.54. The molecule has 0 amide bonds. The summed E-state index contributed by atoms with van der Waals surface area (Å²) >= 11 is 0. The van der Waals surface area contributed by atoms with Crippen LogP contribution in [-0.2, 0) is 23.5 Å². The molecule has 1 aliphatic carbocycles. The van der Waals surface area contributed by atoms with Crippen LogP contribution >= 0.6 is 0 Å². The van der Waals surface area contributed by atoms with Gasteiger partial charge in [-0.25, -0.2) is 0 Å². The van der Waals surface area contributed by atoms with Gasteiger partial charge in [0.15, 0.2) is 20.2 Å². The molecule has 0 aromatic rings. The molecule has 0 aromatic heterocycles. The number of fused-ring (bicyclic) bond motifs is 3. The molecule has 6 atom stereocenters. The van der Waals surface area contributed by atoms with E-state index in [4.69, 9.17) is 13.9 Å². The van der Waals surface area contributed by atoms with Crippen LogP contribution < -0.4 is 0 Å². The van der Waals surface area contributed by atoms with Crippen LogP contribution in [0.25, 0.3) is 0 Å². The molecule has 1 unspecified atom stereocenters. The number of ether oxygens (including phenoxy) is 2. The third-order valence-corrected chi connectivity index (χ3v) is 8.01. The lowest BCUT2D eigenvalue weighted by Crippen LogP contribution is -2.60. The highest BCUT2D eigenvalue weighted by atomic mass is 28.4. The van der Waals surface area contributed by atoms with Gasteiger partial charge in [0.25, 0.3) is 0 Å². The van der Waals surface area contributed by atoms with E-state index >= 15 is 0 Å². The highest BCUT2D eigenvalue weighted by Crippen LogP contribution is 2.49. The van der Waals surface area contributed by atoms with E-state index in [-0.39, 0.29) is 17.7 Å². The zero-order valence-electron chi connectivity index (χ0n) is 21.4. The topological polar surface area (TPSA) is 61.8 Å². The quantitative estimate of drug-likeness (QED) is 0.306. The Morgan fingerprint density at radius 1 is 1.22 bits per heavy atom. The molecular weight excluding hydrogens is 420 g/mol. The summed E-state index contributed by atoms with van der Waals surface area (Å²) < 4.78 is 19.4. The maximum absolute atomic E-state index is 13.1. The molecule has 3 rings (SSSR count). The molecule has 2 aliphatic heterocycles. The normalized spacial score (nSPS) is 35.6. The third-order valence-electron chi connectivity index (χ3n) is 7.07. The van der Waals surface area contributed by atoms with Crippen molar-refractivity contribution in [2.45, 2.75) is 98.4 Å². The standard InChI is InChI=1S/C26H42O5Si/c1-16(2)18-11-10-17(3)19-14-22-21(27)12-13-26(30-22,31-32(7,8)9)23(15-20(18)19)29-24(28)25(4,5)6/h10,12-13,16,18-20,22-23H,11,14-15H2,1-9H3/t18-,19-,20+,22-,23+,26?/m0/s1. The first-order chi connectivity index (χ1) is 14.6. The Morgan fingerprint density at radius 3 is 2.44 bits per heavy atom. The van der Waals surface area contributed by atoms with Gasteiger partial charge in [0, 0.05) is 0 Å². The number of hydrogen-bond donors (Lipinski definition) is 0. The molecule has 0 aromatic carbocycles. The second-order valence-electron chi connectivity index (χ2n) is 12.3. The minimum Gasteiger partial charge on any atom is -0.456 e. The average molecular weight is 463 g/mol. The van der Waals surface area contributed by atoms with Crippen molar-refractivity contribution in [3.63, 3.8) is 0 Å². The Hall–Kier alpha value is -1.24. The summed E-state index contributed by atoms with van der Waals surface area (Å²) in [6, 6.07) is 0. The van der Waals surface area contributed by atoms with Gasteiger partial charge in [0.05, 0.1) is 5.41 Å². The molecule has 3 aliphatic rings. The monoisotopic (exact) mass is 462 g/mol. The van der Waals surface area contributed by atoms with Crippen LogP contribution in [0.15, 0.2) is 23.8 Å². The number of esters is 1. The van der Waals surface area contributed by atoms with Crippen molar-refractivity contribution in [2.24, 2.45) is 29.1 Å². The maximum Gasteiger partial charge on any atom is 0.311 e. The summed E-state index contributed by atoms with van der Waals surface area (Å²) in [7, 11) is -2.12. The van der Waals surface area contributed by atoms with Crippen molar-refractivity contribution in [1.82, 2.24) is 0 Å². The molecule has 2 heterocycles. The van der Waals surface area contributed by atoms with Gasteiger partial charge in [-0.3, -0.25) is 9.59 Å². The first-order valence-corrected chi connectivity index (χ1v) is 15.5. The average Bonchev–Trinajstić information content (AvgIpc) is 2.63. The first kappa shape index (κ1) is 25.4. The van der Waals surface area contributed by atoms with E-state index in [1.165, 1.54) is 5.57 Å². The largest absolute Gasteiger partial charge is 0.456 e.